The fraction of sp³-hybridized carbons (Fsp3) is 0.391. The first-order valence-electron chi connectivity index (χ1n) is 10.9. The van der Waals surface area contributed by atoms with Crippen molar-refractivity contribution in [2.75, 3.05) is 31.1 Å². The minimum Gasteiger partial charge on any atom is -0.367 e. The van der Waals surface area contributed by atoms with Gasteiger partial charge in [-0.1, -0.05) is 0 Å². The van der Waals surface area contributed by atoms with Gasteiger partial charge >= 0.3 is 0 Å². The molecule has 6 heterocycles. The second-order valence-corrected chi connectivity index (χ2v) is 8.74. The van der Waals surface area contributed by atoms with E-state index in [-0.39, 0.29) is 5.56 Å². The van der Waals surface area contributed by atoms with Gasteiger partial charge in [-0.3, -0.25) is 14.1 Å². The molecule has 2 aliphatic rings. The van der Waals surface area contributed by atoms with Gasteiger partial charge in [-0.05, 0) is 57.0 Å². The van der Waals surface area contributed by atoms with Crippen LogP contribution in [-0.2, 0) is 0 Å². The highest BCUT2D eigenvalue weighted by Crippen LogP contribution is 2.26. The lowest BCUT2D eigenvalue weighted by Gasteiger charge is -2.38. The SMILES string of the molecule is Cc1cn2nc(-c3cc(=O)n4cc(N5CCN6CCC[C@H]6C5)ccc4n3)cc(C)c2n1. The minimum absolute atomic E-state index is 0.0947. The first kappa shape index (κ1) is 18.5. The summed E-state index contributed by atoms with van der Waals surface area (Å²) in [5.41, 5.74) is 5.60. The lowest BCUT2D eigenvalue weighted by molar-refractivity contribution is 0.231. The predicted octanol–water partition coefficient (Wildman–Crippen LogP) is 2.31. The zero-order valence-electron chi connectivity index (χ0n) is 17.8. The summed E-state index contributed by atoms with van der Waals surface area (Å²) in [6.45, 7) is 8.28. The Morgan fingerprint density at radius 3 is 2.81 bits per heavy atom. The Labute approximate surface area is 179 Å². The molecule has 2 saturated heterocycles. The maximum atomic E-state index is 13.0. The number of hydrogen-bond acceptors (Lipinski definition) is 6. The summed E-state index contributed by atoms with van der Waals surface area (Å²) in [6.07, 6.45) is 6.37. The molecule has 4 aromatic rings. The van der Waals surface area contributed by atoms with Gasteiger partial charge in [-0.25, -0.2) is 14.5 Å². The molecule has 0 spiro atoms. The summed E-state index contributed by atoms with van der Waals surface area (Å²) in [5.74, 6) is 0. The normalized spacial score (nSPS) is 19.4. The number of fused-ring (bicyclic) bond motifs is 3. The van der Waals surface area contributed by atoms with Crippen LogP contribution < -0.4 is 10.5 Å². The zero-order valence-corrected chi connectivity index (χ0v) is 17.8. The number of piperazine rings is 1. The Balaban J connectivity index is 1.38. The molecule has 8 heteroatoms. The Morgan fingerprint density at radius 1 is 1.00 bits per heavy atom. The molecule has 31 heavy (non-hydrogen) atoms. The first-order valence-corrected chi connectivity index (χ1v) is 10.9. The monoisotopic (exact) mass is 415 g/mol. The van der Waals surface area contributed by atoms with Crippen molar-refractivity contribution >= 4 is 17.0 Å². The van der Waals surface area contributed by atoms with E-state index < -0.39 is 0 Å². The number of pyridine rings is 1. The van der Waals surface area contributed by atoms with Gasteiger partial charge < -0.3 is 4.90 Å². The van der Waals surface area contributed by atoms with Crippen molar-refractivity contribution in [3.8, 4) is 11.4 Å². The van der Waals surface area contributed by atoms with Crippen LogP contribution in [0.4, 0.5) is 5.69 Å². The lowest BCUT2D eigenvalue weighted by Crippen LogP contribution is -2.50. The zero-order chi connectivity index (χ0) is 21.1. The molecule has 2 aliphatic heterocycles. The van der Waals surface area contributed by atoms with Crippen LogP contribution in [0.2, 0.25) is 0 Å². The van der Waals surface area contributed by atoms with Gasteiger partial charge in [0, 0.05) is 37.9 Å². The fourth-order valence-electron chi connectivity index (χ4n) is 5.01. The topological polar surface area (TPSA) is 71.0 Å². The number of aromatic nitrogens is 5. The number of aryl methyl sites for hydroxylation is 2. The summed E-state index contributed by atoms with van der Waals surface area (Å²) in [7, 11) is 0. The largest absolute Gasteiger partial charge is 0.367 e. The average molecular weight is 416 g/mol. The second-order valence-electron chi connectivity index (χ2n) is 8.74. The third-order valence-corrected chi connectivity index (χ3v) is 6.59. The standard InChI is InChI=1S/C23H25N7O/c1-15-10-20(26-30-12-16(2)24-23(15)30)19-11-22(31)29-14-18(5-6-21(29)25-19)28-9-8-27-7-3-4-17(27)13-28/h5-6,10-12,14,17H,3-4,7-9,13H2,1-2H3/t17-/m0/s1. The molecule has 0 unspecified atom stereocenters. The molecular weight excluding hydrogens is 390 g/mol. The van der Waals surface area contributed by atoms with Crippen molar-refractivity contribution in [2.24, 2.45) is 0 Å². The van der Waals surface area contributed by atoms with Gasteiger partial charge in [0.05, 0.1) is 23.3 Å². The molecule has 4 aromatic heterocycles. The molecule has 8 nitrogen and oxygen atoms in total. The van der Waals surface area contributed by atoms with E-state index in [1.807, 2.05) is 38.4 Å². The van der Waals surface area contributed by atoms with Crippen LogP contribution in [0.25, 0.3) is 22.7 Å². The molecule has 0 amide bonds. The number of imidazole rings is 1. The summed E-state index contributed by atoms with van der Waals surface area (Å²) in [4.78, 5) is 27.2. The number of rotatable bonds is 2. The van der Waals surface area contributed by atoms with Crippen molar-refractivity contribution in [3.63, 3.8) is 0 Å². The lowest BCUT2D eigenvalue weighted by atomic mass is 10.1. The van der Waals surface area contributed by atoms with E-state index in [0.29, 0.717) is 23.1 Å². The van der Waals surface area contributed by atoms with E-state index in [1.54, 1.807) is 15.0 Å². The third kappa shape index (κ3) is 3.09. The molecule has 0 radical (unpaired) electrons. The smallest absolute Gasteiger partial charge is 0.258 e. The number of anilines is 1. The van der Waals surface area contributed by atoms with Crippen LogP contribution >= 0.6 is 0 Å². The van der Waals surface area contributed by atoms with Gasteiger partial charge in [0.15, 0.2) is 5.65 Å². The quantitative estimate of drug-likeness (QED) is 0.500. The van der Waals surface area contributed by atoms with E-state index in [1.165, 1.54) is 19.4 Å². The Morgan fingerprint density at radius 2 is 1.90 bits per heavy atom. The summed E-state index contributed by atoms with van der Waals surface area (Å²) >= 11 is 0. The van der Waals surface area contributed by atoms with E-state index in [9.17, 15) is 4.79 Å². The summed E-state index contributed by atoms with van der Waals surface area (Å²) in [5, 5.41) is 4.63. The second kappa shape index (κ2) is 6.88. The van der Waals surface area contributed by atoms with Crippen molar-refractivity contribution in [1.29, 1.82) is 0 Å². The fourth-order valence-corrected chi connectivity index (χ4v) is 5.01. The van der Waals surface area contributed by atoms with Crippen molar-refractivity contribution in [2.45, 2.75) is 32.7 Å². The van der Waals surface area contributed by atoms with Gasteiger partial charge in [0.1, 0.15) is 11.3 Å². The maximum Gasteiger partial charge on any atom is 0.258 e. The van der Waals surface area contributed by atoms with Crippen LogP contribution in [0.5, 0.6) is 0 Å². The van der Waals surface area contributed by atoms with E-state index in [4.69, 9.17) is 4.98 Å². The van der Waals surface area contributed by atoms with Crippen molar-refractivity contribution < 1.29 is 0 Å². The summed E-state index contributed by atoms with van der Waals surface area (Å²) in [6, 6.07) is 8.17. The molecule has 0 aromatic carbocycles. The first-order chi connectivity index (χ1) is 15.0. The Hall–Kier alpha value is -3.26. The van der Waals surface area contributed by atoms with Gasteiger partial charge in [-0.15, -0.1) is 0 Å². The van der Waals surface area contributed by atoms with Crippen LogP contribution in [0.15, 0.2) is 41.5 Å². The van der Waals surface area contributed by atoms with E-state index >= 15 is 0 Å². The maximum absolute atomic E-state index is 13.0. The van der Waals surface area contributed by atoms with Crippen molar-refractivity contribution in [1.82, 2.24) is 28.9 Å². The highest BCUT2D eigenvalue weighted by molar-refractivity contribution is 5.62. The highest BCUT2D eigenvalue weighted by Gasteiger charge is 2.30. The van der Waals surface area contributed by atoms with Crippen LogP contribution in [0, 0.1) is 13.8 Å². The van der Waals surface area contributed by atoms with Crippen molar-refractivity contribution in [3.05, 3.63) is 58.3 Å². The molecule has 2 fully saturated rings. The van der Waals surface area contributed by atoms with Gasteiger partial charge in [0.2, 0.25) is 0 Å². The van der Waals surface area contributed by atoms with Crippen LogP contribution in [0.3, 0.4) is 0 Å². The van der Waals surface area contributed by atoms with Crippen LogP contribution in [-0.4, -0.2) is 61.1 Å². The van der Waals surface area contributed by atoms with E-state index in [0.717, 1.165) is 42.2 Å². The Kier molecular flexibility index (Phi) is 4.11. The highest BCUT2D eigenvalue weighted by atomic mass is 16.1. The predicted molar refractivity (Wildman–Crippen MR) is 120 cm³/mol. The number of nitrogens with zero attached hydrogens (tertiary/aromatic N) is 7. The molecule has 6 rings (SSSR count). The van der Waals surface area contributed by atoms with Gasteiger partial charge in [0.25, 0.3) is 5.56 Å². The van der Waals surface area contributed by atoms with E-state index in [2.05, 4.69) is 25.9 Å². The molecule has 0 bridgehead atoms. The minimum atomic E-state index is -0.0947. The summed E-state index contributed by atoms with van der Waals surface area (Å²) < 4.78 is 3.40. The average Bonchev–Trinajstić information content (AvgIpc) is 3.38. The third-order valence-electron chi connectivity index (χ3n) is 6.59. The molecule has 158 valence electrons. The molecule has 0 aliphatic carbocycles. The van der Waals surface area contributed by atoms with Gasteiger partial charge in [-0.2, -0.15) is 5.10 Å². The van der Waals surface area contributed by atoms with Crippen LogP contribution in [0.1, 0.15) is 24.1 Å². The Bertz CT molecular complexity index is 1370. The molecule has 0 N–H and O–H groups in total. The molecule has 1 atom stereocenters. The molecule has 0 saturated carbocycles. The number of hydrogen-bond donors (Lipinski definition) is 0. The molecular formula is C23H25N7O.